The molecule has 4 nitrogen and oxygen atoms in total. The summed E-state index contributed by atoms with van der Waals surface area (Å²) in [5.74, 6) is 0.905. The molecule has 100 valence electrons. The molecule has 2 atom stereocenters. The molecule has 0 bridgehead atoms. The minimum atomic E-state index is -0.122. The van der Waals surface area contributed by atoms with E-state index in [1.165, 1.54) is 0 Å². The summed E-state index contributed by atoms with van der Waals surface area (Å²) >= 11 is 5.87. The fraction of sp³-hybridized carbons (Fsp3) is 0.538. The molecule has 1 aromatic heterocycles. The van der Waals surface area contributed by atoms with Crippen LogP contribution in [0.2, 0.25) is 5.15 Å². The van der Waals surface area contributed by atoms with Gasteiger partial charge in [-0.05, 0) is 25.0 Å². The standard InChI is InChI=1S/C13H20ClN3O/c1-5-8(2)9(3)16-13(18)10-6-11(14)17-12(7-10)15-4/h6-9H,5H2,1-4H3,(H,15,17)(H,16,18). The molecule has 1 aromatic rings. The van der Waals surface area contributed by atoms with Crippen molar-refractivity contribution in [1.82, 2.24) is 10.3 Å². The van der Waals surface area contributed by atoms with Crippen molar-refractivity contribution in [1.29, 1.82) is 0 Å². The van der Waals surface area contributed by atoms with E-state index in [0.717, 1.165) is 6.42 Å². The third-order valence-electron chi connectivity index (χ3n) is 3.17. The maximum Gasteiger partial charge on any atom is 0.251 e. The maximum absolute atomic E-state index is 12.1. The third kappa shape index (κ3) is 3.88. The highest BCUT2D eigenvalue weighted by Crippen LogP contribution is 2.15. The summed E-state index contributed by atoms with van der Waals surface area (Å²) in [6, 6.07) is 3.39. The van der Waals surface area contributed by atoms with Crippen molar-refractivity contribution in [3.8, 4) is 0 Å². The molecule has 0 aliphatic heterocycles. The lowest BCUT2D eigenvalue weighted by Gasteiger charge is -2.20. The quantitative estimate of drug-likeness (QED) is 0.808. The number of nitrogens with one attached hydrogen (secondary N) is 2. The highest BCUT2D eigenvalue weighted by molar-refractivity contribution is 6.29. The van der Waals surface area contributed by atoms with Gasteiger partial charge >= 0.3 is 0 Å². The van der Waals surface area contributed by atoms with Crippen LogP contribution in [0.15, 0.2) is 12.1 Å². The van der Waals surface area contributed by atoms with Gasteiger partial charge in [0.2, 0.25) is 0 Å². The van der Waals surface area contributed by atoms with E-state index in [4.69, 9.17) is 11.6 Å². The first-order chi connectivity index (χ1) is 8.47. The van der Waals surface area contributed by atoms with Crippen LogP contribution in [0.4, 0.5) is 5.82 Å². The van der Waals surface area contributed by atoms with Crippen LogP contribution in [0.5, 0.6) is 0 Å². The Balaban J connectivity index is 2.81. The number of rotatable bonds is 5. The minimum absolute atomic E-state index is 0.122. The molecule has 5 heteroatoms. The lowest BCUT2D eigenvalue weighted by atomic mass is 10.0. The molecule has 1 rings (SSSR count). The van der Waals surface area contributed by atoms with Gasteiger partial charge < -0.3 is 10.6 Å². The predicted octanol–water partition coefficient (Wildman–Crippen LogP) is 2.94. The van der Waals surface area contributed by atoms with E-state index in [1.807, 2.05) is 6.92 Å². The van der Waals surface area contributed by atoms with E-state index in [-0.39, 0.29) is 11.9 Å². The van der Waals surface area contributed by atoms with E-state index in [9.17, 15) is 4.79 Å². The topological polar surface area (TPSA) is 54.0 Å². The van der Waals surface area contributed by atoms with Gasteiger partial charge in [0.1, 0.15) is 11.0 Å². The smallest absolute Gasteiger partial charge is 0.251 e. The van der Waals surface area contributed by atoms with Crippen molar-refractivity contribution in [3.63, 3.8) is 0 Å². The van der Waals surface area contributed by atoms with Gasteiger partial charge in [-0.1, -0.05) is 31.9 Å². The van der Waals surface area contributed by atoms with Gasteiger partial charge in [-0.15, -0.1) is 0 Å². The summed E-state index contributed by atoms with van der Waals surface area (Å²) in [6.45, 7) is 6.23. The summed E-state index contributed by atoms with van der Waals surface area (Å²) in [4.78, 5) is 16.1. The van der Waals surface area contributed by atoms with Crippen LogP contribution in [0.3, 0.4) is 0 Å². The van der Waals surface area contributed by atoms with Crippen molar-refractivity contribution >= 4 is 23.3 Å². The first-order valence-electron chi connectivity index (χ1n) is 6.14. The largest absolute Gasteiger partial charge is 0.373 e. The molecular formula is C13H20ClN3O. The van der Waals surface area contributed by atoms with E-state index < -0.39 is 0 Å². The summed E-state index contributed by atoms with van der Waals surface area (Å²) in [5, 5.41) is 6.16. The van der Waals surface area contributed by atoms with Crippen LogP contribution in [-0.2, 0) is 0 Å². The SMILES string of the molecule is CCC(C)C(C)NC(=O)c1cc(Cl)nc(NC)c1. The van der Waals surface area contributed by atoms with Crippen molar-refractivity contribution in [2.45, 2.75) is 33.2 Å². The van der Waals surface area contributed by atoms with Gasteiger partial charge in [0, 0.05) is 18.7 Å². The molecular weight excluding hydrogens is 250 g/mol. The molecule has 1 heterocycles. The average Bonchev–Trinajstić information content (AvgIpc) is 2.36. The predicted molar refractivity (Wildman–Crippen MR) is 75.2 cm³/mol. The normalized spacial score (nSPS) is 13.8. The first kappa shape index (κ1) is 14.8. The Morgan fingerprint density at radius 1 is 1.44 bits per heavy atom. The zero-order valence-corrected chi connectivity index (χ0v) is 12.0. The van der Waals surface area contributed by atoms with Crippen LogP contribution in [0, 0.1) is 5.92 Å². The number of hydrogen-bond acceptors (Lipinski definition) is 3. The second kappa shape index (κ2) is 6.59. The number of aromatic nitrogens is 1. The summed E-state index contributed by atoms with van der Waals surface area (Å²) in [6.07, 6.45) is 1.03. The van der Waals surface area contributed by atoms with Crippen LogP contribution in [0.25, 0.3) is 0 Å². The first-order valence-corrected chi connectivity index (χ1v) is 6.52. The number of nitrogens with zero attached hydrogens (tertiary/aromatic N) is 1. The van der Waals surface area contributed by atoms with Crippen molar-refractivity contribution in [3.05, 3.63) is 22.8 Å². The highest BCUT2D eigenvalue weighted by atomic mass is 35.5. The maximum atomic E-state index is 12.1. The molecule has 0 saturated heterocycles. The zero-order valence-electron chi connectivity index (χ0n) is 11.2. The summed E-state index contributed by atoms with van der Waals surface area (Å²) in [7, 11) is 1.74. The molecule has 2 N–H and O–H groups in total. The molecule has 18 heavy (non-hydrogen) atoms. The van der Waals surface area contributed by atoms with Gasteiger partial charge in [-0.25, -0.2) is 4.98 Å². The van der Waals surface area contributed by atoms with Crippen LogP contribution < -0.4 is 10.6 Å². The Labute approximate surface area is 113 Å². The zero-order chi connectivity index (χ0) is 13.7. The van der Waals surface area contributed by atoms with Gasteiger partial charge in [-0.2, -0.15) is 0 Å². The van der Waals surface area contributed by atoms with Crippen molar-refractivity contribution in [2.24, 2.45) is 5.92 Å². The molecule has 0 fully saturated rings. The Kier molecular flexibility index (Phi) is 5.41. The number of carbonyl (C=O) groups is 1. The molecule has 0 saturated carbocycles. The number of carbonyl (C=O) groups excluding carboxylic acids is 1. The lowest BCUT2D eigenvalue weighted by Crippen LogP contribution is -2.36. The fourth-order valence-electron chi connectivity index (χ4n) is 1.54. The van der Waals surface area contributed by atoms with Crippen molar-refractivity contribution < 1.29 is 4.79 Å². The molecule has 0 aliphatic carbocycles. The van der Waals surface area contributed by atoms with Gasteiger partial charge in [-0.3, -0.25) is 4.79 Å². The van der Waals surface area contributed by atoms with Crippen molar-refractivity contribution in [2.75, 3.05) is 12.4 Å². The van der Waals surface area contributed by atoms with Gasteiger partial charge in [0.05, 0.1) is 0 Å². The highest BCUT2D eigenvalue weighted by Gasteiger charge is 2.15. The summed E-state index contributed by atoms with van der Waals surface area (Å²) < 4.78 is 0. The van der Waals surface area contributed by atoms with E-state index >= 15 is 0 Å². The monoisotopic (exact) mass is 269 g/mol. The molecule has 0 radical (unpaired) electrons. The second-order valence-electron chi connectivity index (χ2n) is 4.46. The molecule has 0 aliphatic rings. The van der Waals surface area contributed by atoms with E-state index in [1.54, 1.807) is 19.2 Å². The number of anilines is 1. The Morgan fingerprint density at radius 2 is 2.11 bits per heavy atom. The fourth-order valence-corrected chi connectivity index (χ4v) is 1.75. The average molecular weight is 270 g/mol. The number of pyridine rings is 1. The number of halogens is 1. The summed E-state index contributed by atoms with van der Waals surface area (Å²) in [5.41, 5.74) is 0.523. The van der Waals surface area contributed by atoms with Gasteiger partial charge in [0.25, 0.3) is 5.91 Å². The number of amides is 1. The third-order valence-corrected chi connectivity index (χ3v) is 3.36. The minimum Gasteiger partial charge on any atom is -0.373 e. The van der Waals surface area contributed by atoms with Crippen LogP contribution in [-0.4, -0.2) is 24.0 Å². The van der Waals surface area contributed by atoms with E-state index in [0.29, 0.717) is 22.5 Å². The van der Waals surface area contributed by atoms with Gasteiger partial charge in [0.15, 0.2) is 0 Å². The van der Waals surface area contributed by atoms with Crippen LogP contribution in [0.1, 0.15) is 37.6 Å². The van der Waals surface area contributed by atoms with Crippen LogP contribution >= 0.6 is 11.6 Å². The molecule has 1 amide bonds. The molecule has 0 aromatic carbocycles. The Morgan fingerprint density at radius 3 is 2.67 bits per heavy atom. The lowest BCUT2D eigenvalue weighted by molar-refractivity contribution is 0.0928. The second-order valence-corrected chi connectivity index (χ2v) is 4.85. The van der Waals surface area contributed by atoms with E-state index in [2.05, 4.69) is 29.5 Å². The number of hydrogen-bond donors (Lipinski definition) is 2. The Hall–Kier alpha value is -1.29. The molecule has 2 unspecified atom stereocenters. The Bertz CT molecular complexity index is 423. The molecule has 0 spiro atoms.